The van der Waals surface area contributed by atoms with Crippen LogP contribution in [0.1, 0.15) is 18.1 Å². The predicted octanol–water partition coefficient (Wildman–Crippen LogP) is 4.12. The van der Waals surface area contributed by atoms with Crippen molar-refractivity contribution in [2.24, 2.45) is 0 Å². The maximum absolute atomic E-state index is 13.0. The summed E-state index contributed by atoms with van der Waals surface area (Å²) in [6.07, 6.45) is 1.17. The number of halogens is 1. The van der Waals surface area contributed by atoms with Crippen LogP contribution in [0.2, 0.25) is 0 Å². The largest absolute Gasteiger partial charge is 0.489 e. The summed E-state index contributed by atoms with van der Waals surface area (Å²) in [5.74, 6) is 0.747. The van der Waals surface area contributed by atoms with E-state index in [-0.39, 0.29) is 11.9 Å². The average molecular weight is 242 g/mol. The van der Waals surface area contributed by atoms with Crippen LogP contribution in [0.4, 0.5) is 4.39 Å². The van der Waals surface area contributed by atoms with Gasteiger partial charge in [0.15, 0.2) is 0 Å². The maximum atomic E-state index is 13.0. The Morgan fingerprint density at radius 1 is 1.17 bits per heavy atom. The molecule has 18 heavy (non-hydrogen) atoms. The van der Waals surface area contributed by atoms with Crippen LogP contribution in [0.3, 0.4) is 0 Å². The van der Waals surface area contributed by atoms with E-state index in [2.05, 4.69) is 26.0 Å². The first-order valence-corrected chi connectivity index (χ1v) is 6.19. The molecule has 1 heterocycles. The summed E-state index contributed by atoms with van der Waals surface area (Å²) in [6.45, 7) is 4.15. The molecule has 1 unspecified atom stereocenters. The Balaban J connectivity index is 2.15. The second-order valence-electron chi connectivity index (χ2n) is 4.94. The fraction of sp³-hybridized carbons (Fsp3) is 0.250. The van der Waals surface area contributed by atoms with Gasteiger partial charge in [-0.1, -0.05) is 18.2 Å². The normalized spacial score (nSPS) is 17.4. The Labute approximate surface area is 106 Å². The Morgan fingerprint density at radius 2 is 1.89 bits per heavy atom. The molecule has 0 N–H and O–H groups in total. The summed E-state index contributed by atoms with van der Waals surface area (Å²) in [4.78, 5) is 0. The first-order valence-electron chi connectivity index (χ1n) is 6.19. The van der Waals surface area contributed by atoms with Crippen LogP contribution >= 0.6 is 0 Å². The van der Waals surface area contributed by atoms with Crippen molar-refractivity contribution in [3.05, 3.63) is 53.3 Å². The van der Waals surface area contributed by atoms with Gasteiger partial charge in [0.1, 0.15) is 17.7 Å². The number of ether oxygens (including phenoxy) is 1. The van der Waals surface area contributed by atoms with Crippen molar-refractivity contribution in [1.29, 1.82) is 0 Å². The lowest BCUT2D eigenvalue weighted by Crippen LogP contribution is -2.05. The quantitative estimate of drug-likeness (QED) is 0.730. The van der Waals surface area contributed by atoms with E-state index in [1.54, 1.807) is 12.1 Å². The van der Waals surface area contributed by atoms with Crippen LogP contribution in [-0.2, 0) is 6.42 Å². The molecule has 0 aromatic heterocycles. The van der Waals surface area contributed by atoms with Crippen molar-refractivity contribution in [2.45, 2.75) is 26.4 Å². The standard InChI is InChI=1S/C16H15FO/c1-10-7-13-9-11(2)18-16(13)15(8-10)12-3-5-14(17)6-4-12/h3-8,11H,9H2,1-2H3. The van der Waals surface area contributed by atoms with Crippen molar-refractivity contribution in [3.63, 3.8) is 0 Å². The molecule has 1 aliphatic rings. The summed E-state index contributed by atoms with van der Waals surface area (Å²) >= 11 is 0. The highest BCUT2D eigenvalue weighted by atomic mass is 19.1. The van der Waals surface area contributed by atoms with E-state index in [1.807, 2.05) is 0 Å². The lowest BCUT2D eigenvalue weighted by molar-refractivity contribution is 0.255. The molecule has 1 atom stereocenters. The lowest BCUT2D eigenvalue weighted by Gasteiger charge is -2.11. The van der Waals surface area contributed by atoms with Gasteiger partial charge in [-0.05, 0) is 48.7 Å². The molecular weight excluding hydrogens is 227 g/mol. The van der Waals surface area contributed by atoms with Crippen molar-refractivity contribution < 1.29 is 9.13 Å². The minimum Gasteiger partial charge on any atom is -0.489 e. The van der Waals surface area contributed by atoms with Gasteiger partial charge in [-0.3, -0.25) is 0 Å². The van der Waals surface area contributed by atoms with Crippen LogP contribution in [0.5, 0.6) is 5.75 Å². The molecule has 0 fully saturated rings. The highest BCUT2D eigenvalue weighted by molar-refractivity contribution is 5.74. The first-order chi connectivity index (χ1) is 8.63. The van der Waals surface area contributed by atoms with Crippen molar-refractivity contribution in [3.8, 4) is 16.9 Å². The third-order valence-electron chi connectivity index (χ3n) is 3.29. The lowest BCUT2D eigenvalue weighted by atomic mass is 9.98. The zero-order valence-electron chi connectivity index (χ0n) is 10.5. The Bertz CT molecular complexity index is 587. The van der Waals surface area contributed by atoms with Gasteiger partial charge in [0.05, 0.1) is 0 Å². The molecule has 3 rings (SSSR count). The van der Waals surface area contributed by atoms with E-state index < -0.39 is 0 Å². The number of rotatable bonds is 1. The zero-order chi connectivity index (χ0) is 12.7. The molecule has 0 aliphatic carbocycles. The Kier molecular flexibility index (Phi) is 2.58. The van der Waals surface area contributed by atoms with Gasteiger partial charge in [0.2, 0.25) is 0 Å². The van der Waals surface area contributed by atoms with Crippen LogP contribution in [0.15, 0.2) is 36.4 Å². The number of fused-ring (bicyclic) bond motifs is 1. The Morgan fingerprint density at radius 3 is 2.61 bits per heavy atom. The molecule has 0 bridgehead atoms. The third kappa shape index (κ3) is 1.88. The summed E-state index contributed by atoms with van der Waals surface area (Å²) < 4.78 is 18.9. The fourth-order valence-electron chi connectivity index (χ4n) is 2.54. The highest BCUT2D eigenvalue weighted by Gasteiger charge is 2.23. The molecule has 0 radical (unpaired) electrons. The van der Waals surface area contributed by atoms with Gasteiger partial charge in [0, 0.05) is 12.0 Å². The summed E-state index contributed by atoms with van der Waals surface area (Å²) in [5.41, 5.74) is 4.53. The van der Waals surface area contributed by atoms with Crippen LogP contribution in [-0.4, -0.2) is 6.10 Å². The van der Waals surface area contributed by atoms with Gasteiger partial charge in [-0.25, -0.2) is 4.39 Å². The molecule has 0 saturated heterocycles. The molecule has 92 valence electrons. The van der Waals surface area contributed by atoms with Crippen LogP contribution < -0.4 is 4.74 Å². The SMILES string of the molecule is Cc1cc2c(c(-c3ccc(F)cc3)c1)OC(C)C2. The van der Waals surface area contributed by atoms with Crippen LogP contribution in [0.25, 0.3) is 11.1 Å². The van der Waals surface area contributed by atoms with E-state index >= 15 is 0 Å². The predicted molar refractivity (Wildman–Crippen MR) is 70.4 cm³/mol. The second-order valence-corrected chi connectivity index (χ2v) is 4.94. The minimum absolute atomic E-state index is 0.211. The van der Waals surface area contributed by atoms with Crippen molar-refractivity contribution >= 4 is 0 Å². The molecule has 1 nitrogen and oxygen atoms in total. The zero-order valence-corrected chi connectivity index (χ0v) is 10.5. The van der Waals surface area contributed by atoms with Gasteiger partial charge in [-0.2, -0.15) is 0 Å². The molecule has 2 aromatic rings. The molecule has 2 aromatic carbocycles. The number of benzene rings is 2. The maximum Gasteiger partial charge on any atom is 0.130 e. The van der Waals surface area contributed by atoms with Crippen molar-refractivity contribution in [1.82, 2.24) is 0 Å². The summed E-state index contributed by atoms with van der Waals surface area (Å²) in [5, 5.41) is 0. The topological polar surface area (TPSA) is 9.23 Å². The summed E-state index contributed by atoms with van der Waals surface area (Å²) in [7, 11) is 0. The van der Waals surface area contributed by atoms with E-state index in [4.69, 9.17) is 4.74 Å². The van der Waals surface area contributed by atoms with E-state index in [9.17, 15) is 4.39 Å². The third-order valence-corrected chi connectivity index (χ3v) is 3.29. The van der Waals surface area contributed by atoms with E-state index in [0.29, 0.717) is 0 Å². The first kappa shape index (κ1) is 11.3. The van der Waals surface area contributed by atoms with Gasteiger partial charge >= 0.3 is 0 Å². The molecule has 1 aliphatic heterocycles. The Hall–Kier alpha value is -1.83. The molecular formula is C16H15FO. The second kappa shape index (κ2) is 4.13. The fourth-order valence-corrected chi connectivity index (χ4v) is 2.54. The molecule has 0 spiro atoms. The molecule has 0 amide bonds. The van der Waals surface area contributed by atoms with Crippen LogP contribution in [0, 0.1) is 12.7 Å². The van der Waals surface area contributed by atoms with E-state index in [0.717, 1.165) is 23.3 Å². The van der Waals surface area contributed by atoms with Crippen molar-refractivity contribution in [2.75, 3.05) is 0 Å². The minimum atomic E-state index is -0.211. The molecule has 2 heteroatoms. The van der Waals surface area contributed by atoms with E-state index in [1.165, 1.54) is 23.3 Å². The number of hydrogen-bond donors (Lipinski definition) is 0. The average Bonchev–Trinajstić information content (AvgIpc) is 2.69. The number of aryl methyl sites for hydroxylation is 1. The van der Waals surface area contributed by atoms with Gasteiger partial charge < -0.3 is 4.74 Å². The van der Waals surface area contributed by atoms with Gasteiger partial charge in [0.25, 0.3) is 0 Å². The number of hydrogen-bond acceptors (Lipinski definition) is 1. The molecule has 0 saturated carbocycles. The monoisotopic (exact) mass is 242 g/mol. The summed E-state index contributed by atoms with van der Waals surface area (Å²) in [6, 6.07) is 10.9. The smallest absolute Gasteiger partial charge is 0.130 e. The highest BCUT2D eigenvalue weighted by Crippen LogP contribution is 2.39. The van der Waals surface area contributed by atoms with Gasteiger partial charge in [-0.15, -0.1) is 0 Å².